The normalized spacial score (nSPS) is 10.2. The van der Waals surface area contributed by atoms with Gasteiger partial charge in [0.25, 0.3) is 0 Å². The molecule has 0 atom stereocenters. The summed E-state index contributed by atoms with van der Waals surface area (Å²) in [4.78, 5) is 11.8. The third-order valence-electron chi connectivity index (χ3n) is 2.42. The molecule has 0 bridgehead atoms. The molecule has 0 aromatic heterocycles. The summed E-state index contributed by atoms with van der Waals surface area (Å²) in [5, 5.41) is 9.72. The Morgan fingerprint density at radius 1 is 1.05 bits per heavy atom. The van der Waals surface area contributed by atoms with Gasteiger partial charge in [-0.05, 0) is 29.8 Å². The Bertz CT molecular complexity index is 574. The molecule has 3 nitrogen and oxygen atoms in total. The molecule has 0 saturated carbocycles. The summed E-state index contributed by atoms with van der Waals surface area (Å²) in [7, 11) is 0. The third-order valence-corrected chi connectivity index (χ3v) is 3.01. The van der Waals surface area contributed by atoms with Crippen LogP contribution in [0.1, 0.15) is 5.56 Å². The highest BCUT2D eigenvalue weighted by Gasteiger charge is 2.12. The van der Waals surface area contributed by atoms with E-state index in [2.05, 4.69) is 0 Å². The van der Waals surface area contributed by atoms with E-state index in [9.17, 15) is 4.79 Å². The second-order valence-electron chi connectivity index (χ2n) is 3.87. The molecule has 0 radical (unpaired) electrons. The maximum Gasteiger partial charge on any atom is 0.315 e. The zero-order chi connectivity index (χ0) is 13.8. The number of hydrogen-bond acceptors (Lipinski definition) is 3. The van der Waals surface area contributed by atoms with Crippen LogP contribution in [0.15, 0.2) is 42.5 Å². The topological polar surface area (TPSA) is 46.5 Å². The molecule has 2 rings (SSSR count). The molecule has 2 aromatic carbocycles. The van der Waals surface area contributed by atoms with Crippen molar-refractivity contribution >= 4 is 29.2 Å². The van der Waals surface area contributed by atoms with E-state index in [1.807, 2.05) is 0 Å². The van der Waals surface area contributed by atoms with Crippen LogP contribution in [-0.2, 0) is 11.2 Å². The van der Waals surface area contributed by atoms with E-state index in [0.717, 1.165) is 5.56 Å². The minimum absolute atomic E-state index is 0.0713. The number of rotatable bonds is 3. The lowest BCUT2D eigenvalue weighted by Crippen LogP contribution is -2.11. The van der Waals surface area contributed by atoms with Crippen LogP contribution in [0.4, 0.5) is 0 Å². The number of hydrogen-bond donors (Lipinski definition) is 1. The molecule has 0 fully saturated rings. The van der Waals surface area contributed by atoms with Crippen molar-refractivity contribution in [1.82, 2.24) is 0 Å². The van der Waals surface area contributed by atoms with E-state index in [4.69, 9.17) is 33.0 Å². The highest BCUT2D eigenvalue weighted by Crippen LogP contribution is 2.32. The Balaban J connectivity index is 2.07. The van der Waals surface area contributed by atoms with E-state index < -0.39 is 5.97 Å². The first kappa shape index (κ1) is 13.7. The fraction of sp³-hybridized carbons (Fsp3) is 0.0714. The Morgan fingerprint density at radius 2 is 1.63 bits per heavy atom. The minimum Gasteiger partial charge on any atom is -0.508 e. The van der Waals surface area contributed by atoms with Crippen molar-refractivity contribution in [2.45, 2.75) is 6.42 Å². The molecule has 0 spiro atoms. The molecule has 1 N–H and O–H groups in total. The number of benzene rings is 2. The van der Waals surface area contributed by atoms with Crippen molar-refractivity contribution in [1.29, 1.82) is 0 Å². The second kappa shape index (κ2) is 5.95. The van der Waals surface area contributed by atoms with Crippen LogP contribution in [0.2, 0.25) is 10.0 Å². The molecule has 0 unspecified atom stereocenters. The number of phenolic OH excluding ortho intramolecular Hbond substituents is 1. The summed E-state index contributed by atoms with van der Waals surface area (Å²) in [6.45, 7) is 0. The molecule has 0 heterocycles. The molecular formula is C14H10Cl2O3. The first-order valence-corrected chi connectivity index (χ1v) is 6.24. The zero-order valence-electron chi connectivity index (χ0n) is 9.77. The number of phenols is 1. The van der Waals surface area contributed by atoms with E-state index in [1.165, 1.54) is 12.1 Å². The molecule has 0 aliphatic carbocycles. The molecular weight excluding hydrogens is 287 g/mol. The van der Waals surface area contributed by atoms with Crippen molar-refractivity contribution in [3.05, 3.63) is 58.1 Å². The molecule has 0 amide bonds. The Morgan fingerprint density at radius 3 is 2.21 bits per heavy atom. The van der Waals surface area contributed by atoms with Crippen LogP contribution >= 0.6 is 23.2 Å². The van der Waals surface area contributed by atoms with Gasteiger partial charge in [0.15, 0.2) is 5.75 Å². The summed E-state index contributed by atoms with van der Waals surface area (Å²) in [6, 6.07) is 11.2. The fourth-order valence-electron chi connectivity index (χ4n) is 1.51. The van der Waals surface area contributed by atoms with Crippen molar-refractivity contribution in [2.75, 3.05) is 0 Å². The van der Waals surface area contributed by atoms with Crippen LogP contribution in [-0.4, -0.2) is 11.1 Å². The highest BCUT2D eigenvalue weighted by molar-refractivity contribution is 6.37. The second-order valence-corrected chi connectivity index (χ2v) is 4.68. The number of aromatic hydroxyl groups is 1. The average Bonchev–Trinajstić information content (AvgIpc) is 2.37. The van der Waals surface area contributed by atoms with E-state index in [-0.39, 0.29) is 28.0 Å². The molecule has 0 aliphatic rings. The summed E-state index contributed by atoms with van der Waals surface area (Å²) in [6.07, 6.45) is 0.0713. The van der Waals surface area contributed by atoms with Crippen LogP contribution in [0.3, 0.4) is 0 Å². The third kappa shape index (κ3) is 3.63. The number of para-hydroxylation sites is 1. The van der Waals surface area contributed by atoms with Gasteiger partial charge in [0.2, 0.25) is 0 Å². The first-order chi connectivity index (χ1) is 9.06. The number of halogens is 2. The summed E-state index contributed by atoms with van der Waals surface area (Å²) < 4.78 is 5.14. The van der Waals surface area contributed by atoms with Crippen molar-refractivity contribution in [3.8, 4) is 11.5 Å². The zero-order valence-corrected chi connectivity index (χ0v) is 11.3. The average molecular weight is 297 g/mol. The highest BCUT2D eigenvalue weighted by atomic mass is 35.5. The maximum atomic E-state index is 11.8. The number of carbonyl (C=O) groups excluding carboxylic acids is 1. The van der Waals surface area contributed by atoms with Crippen LogP contribution < -0.4 is 4.74 Å². The number of carbonyl (C=O) groups is 1. The molecule has 98 valence electrons. The quantitative estimate of drug-likeness (QED) is 0.691. The Labute approximate surface area is 120 Å². The molecule has 19 heavy (non-hydrogen) atoms. The SMILES string of the molecule is O=C(Cc1ccc(O)cc1)Oc1c(Cl)cccc1Cl. The van der Waals surface area contributed by atoms with Gasteiger partial charge >= 0.3 is 5.97 Å². The molecule has 5 heteroatoms. The first-order valence-electron chi connectivity index (χ1n) is 5.49. The standard InChI is InChI=1S/C14H10Cl2O3/c15-11-2-1-3-12(16)14(11)19-13(18)8-9-4-6-10(17)7-5-9/h1-7,17H,8H2. The lowest BCUT2D eigenvalue weighted by Gasteiger charge is -2.08. The Hall–Kier alpha value is -1.71. The van der Waals surface area contributed by atoms with E-state index >= 15 is 0 Å². The number of ether oxygens (including phenoxy) is 1. The summed E-state index contributed by atoms with van der Waals surface area (Å²) in [5.74, 6) is -0.165. The fourth-order valence-corrected chi connectivity index (χ4v) is 1.99. The van der Waals surface area contributed by atoms with Gasteiger partial charge < -0.3 is 9.84 Å². The molecule has 0 aliphatic heterocycles. The van der Waals surface area contributed by atoms with Gasteiger partial charge in [-0.3, -0.25) is 4.79 Å². The molecule has 2 aromatic rings. The summed E-state index contributed by atoms with van der Waals surface area (Å²) >= 11 is 11.8. The van der Waals surface area contributed by atoms with Gasteiger partial charge in [0, 0.05) is 0 Å². The van der Waals surface area contributed by atoms with Crippen molar-refractivity contribution in [3.63, 3.8) is 0 Å². The molecule has 0 saturated heterocycles. The van der Waals surface area contributed by atoms with Gasteiger partial charge in [-0.25, -0.2) is 0 Å². The number of esters is 1. The Kier molecular flexibility index (Phi) is 4.30. The predicted molar refractivity (Wildman–Crippen MR) is 73.9 cm³/mol. The maximum absolute atomic E-state index is 11.8. The van der Waals surface area contributed by atoms with Gasteiger partial charge in [-0.2, -0.15) is 0 Å². The lowest BCUT2D eigenvalue weighted by molar-refractivity contribution is -0.133. The van der Waals surface area contributed by atoms with Gasteiger partial charge in [-0.1, -0.05) is 41.4 Å². The van der Waals surface area contributed by atoms with Crippen LogP contribution in [0.25, 0.3) is 0 Å². The van der Waals surface area contributed by atoms with Crippen molar-refractivity contribution < 1.29 is 14.6 Å². The summed E-state index contributed by atoms with van der Waals surface area (Å²) in [5.41, 5.74) is 0.728. The largest absolute Gasteiger partial charge is 0.508 e. The van der Waals surface area contributed by atoms with E-state index in [1.54, 1.807) is 30.3 Å². The lowest BCUT2D eigenvalue weighted by atomic mass is 10.1. The van der Waals surface area contributed by atoms with Crippen LogP contribution in [0.5, 0.6) is 11.5 Å². The van der Waals surface area contributed by atoms with Crippen molar-refractivity contribution in [2.24, 2.45) is 0 Å². The minimum atomic E-state index is -0.472. The van der Waals surface area contributed by atoms with E-state index in [0.29, 0.717) is 0 Å². The monoisotopic (exact) mass is 296 g/mol. The van der Waals surface area contributed by atoms with Gasteiger partial charge in [-0.15, -0.1) is 0 Å². The predicted octanol–water partition coefficient (Wildman–Crippen LogP) is 3.85. The van der Waals surface area contributed by atoms with Gasteiger partial charge in [0.1, 0.15) is 5.75 Å². The van der Waals surface area contributed by atoms with Gasteiger partial charge in [0.05, 0.1) is 16.5 Å². The smallest absolute Gasteiger partial charge is 0.315 e. The van der Waals surface area contributed by atoms with Crippen LogP contribution in [0, 0.1) is 0 Å².